The van der Waals surface area contributed by atoms with Crippen LogP contribution in [0, 0.1) is 11.6 Å². The van der Waals surface area contributed by atoms with E-state index in [2.05, 4.69) is 20.9 Å². The molecule has 1 heterocycles. The van der Waals surface area contributed by atoms with Crippen LogP contribution in [-0.2, 0) is 0 Å². The number of fused-ring (bicyclic) bond motifs is 4. The Labute approximate surface area is 174 Å². The van der Waals surface area contributed by atoms with Crippen LogP contribution in [0.2, 0.25) is 0 Å². The number of rotatable bonds is 2. The normalized spacial score (nSPS) is 11.8. The highest BCUT2D eigenvalue weighted by Crippen LogP contribution is 2.32. The maximum atomic E-state index is 14.8. The summed E-state index contributed by atoms with van der Waals surface area (Å²) >= 11 is 3.60. The fourth-order valence-electron chi connectivity index (χ4n) is 3.67. The number of aromatic nitrogens is 1. The summed E-state index contributed by atoms with van der Waals surface area (Å²) in [5.74, 6) is -1.67. The summed E-state index contributed by atoms with van der Waals surface area (Å²) in [5.41, 5.74) is 1.94. The van der Waals surface area contributed by atoms with Gasteiger partial charge < -0.3 is 0 Å². The Hall–Kier alpha value is -3.11. The van der Waals surface area contributed by atoms with E-state index in [9.17, 15) is 8.78 Å². The lowest BCUT2D eigenvalue weighted by molar-refractivity contribution is 0.515. The van der Waals surface area contributed by atoms with Crippen LogP contribution >= 0.6 is 15.9 Å². The van der Waals surface area contributed by atoms with Gasteiger partial charge in [0.1, 0.15) is 0 Å². The number of halogens is 3. The fourth-order valence-corrected chi connectivity index (χ4v) is 4.27. The first-order chi connectivity index (χ1) is 14.1. The van der Waals surface area contributed by atoms with Gasteiger partial charge in [-0.15, -0.1) is 0 Å². The van der Waals surface area contributed by atoms with Gasteiger partial charge in [-0.2, -0.15) is 0 Å². The Bertz CT molecular complexity index is 1440. The van der Waals surface area contributed by atoms with Gasteiger partial charge in [0, 0.05) is 27.0 Å². The average molecular weight is 446 g/mol. The zero-order valence-corrected chi connectivity index (χ0v) is 16.8. The van der Waals surface area contributed by atoms with Gasteiger partial charge in [0.15, 0.2) is 11.6 Å². The number of benzene rings is 4. The molecule has 5 aromatic rings. The molecule has 0 spiro atoms. The molecule has 140 valence electrons. The largest absolute Gasteiger partial charge is 0.256 e. The van der Waals surface area contributed by atoms with Gasteiger partial charge in [-0.1, -0.05) is 60.7 Å². The highest BCUT2D eigenvalue weighted by atomic mass is 79.9. The van der Waals surface area contributed by atoms with E-state index in [0.29, 0.717) is 5.39 Å². The molecule has 29 heavy (non-hydrogen) atoms. The Kier molecular flexibility index (Phi) is 4.36. The summed E-state index contributed by atoms with van der Waals surface area (Å²) < 4.78 is 30.4. The highest BCUT2D eigenvalue weighted by Gasteiger charge is 2.14. The summed E-state index contributed by atoms with van der Waals surface area (Å²) in [4.78, 5) is 4.33. The molecule has 0 bridgehead atoms. The molecule has 4 aromatic carbocycles. The molecule has 0 atom stereocenters. The van der Waals surface area contributed by atoms with Crippen molar-refractivity contribution < 1.29 is 8.78 Å². The van der Waals surface area contributed by atoms with E-state index in [0.717, 1.165) is 31.7 Å². The van der Waals surface area contributed by atoms with Gasteiger partial charge >= 0.3 is 0 Å². The number of nitrogens with zero attached hydrogens (tertiary/aromatic N) is 1. The second-order valence-electron chi connectivity index (χ2n) is 6.85. The third-order valence-corrected chi connectivity index (χ3v) is 6.03. The molecule has 1 nitrogen and oxygen atoms in total. The van der Waals surface area contributed by atoms with Crippen LogP contribution in [0.15, 0.2) is 77.4 Å². The third kappa shape index (κ3) is 3.00. The molecule has 0 saturated carbocycles. The minimum Gasteiger partial charge on any atom is -0.256 e. The number of hydrogen-bond donors (Lipinski definition) is 0. The first kappa shape index (κ1) is 18.0. The lowest BCUT2D eigenvalue weighted by Gasteiger charge is -2.08. The van der Waals surface area contributed by atoms with Crippen molar-refractivity contribution in [2.45, 2.75) is 0 Å². The van der Waals surface area contributed by atoms with E-state index in [4.69, 9.17) is 0 Å². The molecular formula is C25H14BrF2N. The first-order valence-corrected chi connectivity index (χ1v) is 9.93. The maximum Gasteiger partial charge on any atom is 0.167 e. The van der Waals surface area contributed by atoms with Crippen LogP contribution in [0.5, 0.6) is 0 Å². The molecule has 0 N–H and O–H groups in total. The van der Waals surface area contributed by atoms with Gasteiger partial charge in [-0.05, 0) is 55.9 Å². The number of pyridine rings is 1. The average Bonchev–Trinajstić information content (AvgIpc) is 2.76. The van der Waals surface area contributed by atoms with Crippen molar-refractivity contribution in [3.8, 4) is 0 Å². The Morgan fingerprint density at radius 3 is 2.38 bits per heavy atom. The zero-order chi connectivity index (χ0) is 20.0. The monoisotopic (exact) mass is 445 g/mol. The molecule has 1 aromatic heterocycles. The lowest BCUT2D eigenvalue weighted by atomic mass is 9.98. The standard InChI is InChI=1S/C25H14BrF2N/c26-23-16(10-12-22-20(23)6-3-13-29-22)7-8-17-14-21-18-5-2-1-4-15(18)9-11-19(21)25(28)24(17)27/h1-14H/b8-7-. The van der Waals surface area contributed by atoms with Crippen LogP contribution in [0.4, 0.5) is 8.78 Å². The predicted molar refractivity (Wildman–Crippen MR) is 120 cm³/mol. The molecule has 0 unspecified atom stereocenters. The van der Waals surface area contributed by atoms with E-state index in [1.165, 1.54) is 0 Å². The predicted octanol–water partition coefficient (Wildman–Crippen LogP) is 7.75. The minimum absolute atomic E-state index is 0.213. The smallest absolute Gasteiger partial charge is 0.167 e. The molecule has 0 aliphatic carbocycles. The quantitative estimate of drug-likeness (QED) is 0.200. The lowest BCUT2D eigenvalue weighted by Crippen LogP contribution is -1.92. The molecule has 0 saturated heterocycles. The SMILES string of the molecule is Fc1c(/C=C\c2ccc3ncccc3c2Br)cc2c(ccc3ccccc32)c1F. The van der Waals surface area contributed by atoms with Gasteiger partial charge in [-0.3, -0.25) is 4.98 Å². The molecule has 0 amide bonds. The fraction of sp³-hybridized carbons (Fsp3) is 0. The Morgan fingerprint density at radius 2 is 1.48 bits per heavy atom. The van der Waals surface area contributed by atoms with Crippen LogP contribution < -0.4 is 0 Å². The molecular weight excluding hydrogens is 432 g/mol. The maximum absolute atomic E-state index is 14.8. The topological polar surface area (TPSA) is 12.9 Å². The zero-order valence-electron chi connectivity index (χ0n) is 15.2. The van der Waals surface area contributed by atoms with E-state index >= 15 is 0 Å². The van der Waals surface area contributed by atoms with Crippen molar-refractivity contribution in [1.29, 1.82) is 0 Å². The van der Waals surface area contributed by atoms with E-state index in [-0.39, 0.29) is 10.9 Å². The minimum atomic E-state index is -0.845. The molecule has 0 fully saturated rings. The molecule has 0 aliphatic rings. The van der Waals surface area contributed by atoms with Crippen molar-refractivity contribution in [2.24, 2.45) is 0 Å². The van der Waals surface area contributed by atoms with Gasteiger partial charge in [0.2, 0.25) is 0 Å². The summed E-state index contributed by atoms with van der Waals surface area (Å²) in [7, 11) is 0. The van der Waals surface area contributed by atoms with Crippen LogP contribution in [0.25, 0.3) is 44.6 Å². The van der Waals surface area contributed by atoms with E-state index in [1.54, 1.807) is 30.5 Å². The Morgan fingerprint density at radius 1 is 0.690 bits per heavy atom. The van der Waals surface area contributed by atoms with Crippen LogP contribution in [-0.4, -0.2) is 4.98 Å². The van der Waals surface area contributed by atoms with E-state index in [1.807, 2.05) is 54.6 Å². The van der Waals surface area contributed by atoms with Crippen molar-refractivity contribution in [3.63, 3.8) is 0 Å². The van der Waals surface area contributed by atoms with Gasteiger partial charge in [-0.25, -0.2) is 8.78 Å². The summed E-state index contributed by atoms with van der Waals surface area (Å²) in [6.45, 7) is 0. The molecule has 0 radical (unpaired) electrons. The van der Waals surface area contributed by atoms with Gasteiger partial charge in [0.05, 0.1) is 5.52 Å². The second kappa shape index (κ2) is 7.05. The summed E-state index contributed by atoms with van der Waals surface area (Å²) in [5, 5.41) is 3.84. The van der Waals surface area contributed by atoms with Crippen molar-refractivity contribution in [1.82, 2.24) is 4.98 Å². The summed E-state index contributed by atoms with van der Waals surface area (Å²) in [6, 6.07) is 20.5. The number of hydrogen-bond acceptors (Lipinski definition) is 1. The van der Waals surface area contributed by atoms with Crippen molar-refractivity contribution >= 4 is 60.5 Å². The Balaban J connectivity index is 1.68. The van der Waals surface area contributed by atoms with Crippen molar-refractivity contribution in [3.05, 3.63) is 100 Å². The van der Waals surface area contributed by atoms with Crippen molar-refractivity contribution in [2.75, 3.05) is 0 Å². The molecule has 0 aliphatic heterocycles. The first-order valence-electron chi connectivity index (χ1n) is 9.14. The van der Waals surface area contributed by atoms with E-state index < -0.39 is 11.6 Å². The highest BCUT2D eigenvalue weighted by molar-refractivity contribution is 9.10. The molecule has 5 rings (SSSR count). The van der Waals surface area contributed by atoms with Gasteiger partial charge in [0.25, 0.3) is 0 Å². The third-order valence-electron chi connectivity index (χ3n) is 5.14. The van der Waals surface area contributed by atoms with Crippen LogP contribution in [0.1, 0.15) is 11.1 Å². The second-order valence-corrected chi connectivity index (χ2v) is 7.64. The molecule has 4 heteroatoms. The van der Waals surface area contributed by atoms with Crippen LogP contribution in [0.3, 0.4) is 0 Å². The summed E-state index contributed by atoms with van der Waals surface area (Å²) in [6.07, 6.45) is 5.13.